The van der Waals surface area contributed by atoms with E-state index in [4.69, 9.17) is 14.2 Å². The standard InChI is InChI=1S/C56H108O6/c1-5-8-10-12-14-15-16-17-18-19-20-21-22-27-30-33-37-41-45-49-56(59)62-53(50-60-54(57)47-43-39-34-13-11-9-6-2)51-61-55(58)48-44-40-36-32-29-26-24-23-25-28-31-35-38-42-46-52(4)7-3/h52-53H,5-51H2,1-4H3/t52?,53-/m0/s1. The number of rotatable bonds is 51. The third-order valence-corrected chi connectivity index (χ3v) is 13.2. The van der Waals surface area contributed by atoms with Gasteiger partial charge in [-0.15, -0.1) is 0 Å². The van der Waals surface area contributed by atoms with Crippen LogP contribution in [0.15, 0.2) is 0 Å². The third-order valence-electron chi connectivity index (χ3n) is 13.2. The molecule has 6 nitrogen and oxygen atoms in total. The first kappa shape index (κ1) is 60.4. The highest BCUT2D eigenvalue weighted by Gasteiger charge is 2.19. The van der Waals surface area contributed by atoms with Crippen LogP contribution in [0.5, 0.6) is 0 Å². The first-order chi connectivity index (χ1) is 30.4. The Bertz CT molecular complexity index is 935. The van der Waals surface area contributed by atoms with Crippen molar-refractivity contribution in [1.29, 1.82) is 0 Å². The van der Waals surface area contributed by atoms with Gasteiger partial charge in [-0.05, 0) is 25.2 Å². The molecule has 0 spiro atoms. The average Bonchev–Trinajstić information content (AvgIpc) is 3.27. The Balaban J connectivity index is 4.15. The van der Waals surface area contributed by atoms with Crippen molar-refractivity contribution >= 4 is 17.9 Å². The van der Waals surface area contributed by atoms with Gasteiger partial charge in [-0.3, -0.25) is 14.4 Å². The summed E-state index contributed by atoms with van der Waals surface area (Å²) in [5, 5.41) is 0. The van der Waals surface area contributed by atoms with Crippen molar-refractivity contribution in [2.45, 2.75) is 323 Å². The van der Waals surface area contributed by atoms with Crippen LogP contribution in [-0.4, -0.2) is 37.2 Å². The van der Waals surface area contributed by atoms with Crippen LogP contribution in [0.25, 0.3) is 0 Å². The van der Waals surface area contributed by atoms with Gasteiger partial charge >= 0.3 is 17.9 Å². The lowest BCUT2D eigenvalue weighted by molar-refractivity contribution is -0.167. The predicted molar refractivity (Wildman–Crippen MR) is 266 cm³/mol. The quantitative estimate of drug-likeness (QED) is 0.0344. The fourth-order valence-electron chi connectivity index (χ4n) is 8.54. The van der Waals surface area contributed by atoms with Crippen molar-refractivity contribution in [3.05, 3.63) is 0 Å². The molecule has 2 atom stereocenters. The van der Waals surface area contributed by atoms with Crippen molar-refractivity contribution < 1.29 is 28.6 Å². The Labute approximate surface area is 387 Å². The average molecular weight is 877 g/mol. The summed E-state index contributed by atoms with van der Waals surface area (Å²) in [6.45, 7) is 9.05. The molecule has 368 valence electrons. The molecule has 0 rings (SSSR count). The van der Waals surface area contributed by atoms with Crippen LogP contribution < -0.4 is 0 Å². The van der Waals surface area contributed by atoms with Crippen LogP contribution >= 0.6 is 0 Å². The highest BCUT2D eigenvalue weighted by Crippen LogP contribution is 2.18. The van der Waals surface area contributed by atoms with Crippen molar-refractivity contribution in [3.63, 3.8) is 0 Å². The number of hydrogen-bond acceptors (Lipinski definition) is 6. The Morgan fingerprint density at radius 1 is 0.323 bits per heavy atom. The lowest BCUT2D eigenvalue weighted by Gasteiger charge is -2.18. The van der Waals surface area contributed by atoms with Gasteiger partial charge in [-0.1, -0.05) is 278 Å². The van der Waals surface area contributed by atoms with Crippen molar-refractivity contribution in [1.82, 2.24) is 0 Å². The molecule has 0 aromatic rings. The zero-order valence-electron chi connectivity index (χ0n) is 42.3. The van der Waals surface area contributed by atoms with Gasteiger partial charge in [0.1, 0.15) is 13.2 Å². The molecule has 0 radical (unpaired) electrons. The molecule has 0 aromatic heterocycles. The van der Waals surface area contributed by atoms with E-state index < -0.39 is 6.10 Å². The van der Waals surface area contributed by atoms with Gasteiger partial charge in [0.15, 0.2) is 6.10 Å². The lowest BCUT2D eigenvalue weighted by atomic mass is 9.99. The van der Waals surface area contributed by atoms with Crippen LogP contribution in [-0.2, 0) is 28.6 Å². The van der Waals surface area contributed by atoms with Gasteiger partial charge in [0.25, 0.3) is 0 Å². The van der Waals surface area contributed by atoms with E-state index in [0.717, 1.165) is 63.7 Å². The fraction of sp³-hybridized carbons (Fsp3) is 0.946. The summed E-state index contributed by atoms with van der Waals surface area (Å²) in [5.74, 6) is 0.0493. The van der Waals surface area contributed by atoms with E-state index in [0.29, 0.717) is 19.3 Å². The molecule has 0 aromatic carbocycles. The van der Waals surface area contributed by atoms with Gasteiger partial charge in [-0.2, -0.15) is 0 Å². The normalized spacial score (nSPS) is 12.4. The molecule has 0 N–H and O–H groups in total. The van der Waals surface area contributed by atoms with E-state index in [1.807, 2.05) is 0 Å². The second kappa shape index (κ2) is 50.4. The van der Waals surface area contributed by atoms with E-state index >= 15 is 0 Å². The summed E-state index contributed by atoms with van der Waals surface area (Å²) in [4.78, 5) is 37.9. The van der Waals surface area contributed by atoms with E-state index in [-0.39, 0.29) is 31.1 Å². The molecule has 0 bridgehead atoms. The zero-order chi connectivity index (χ0) is 45.2. The van der Waals surface area contributed by atoms with Gasteiger partial charge in [0.05, 0.1) is 0 Å². The number of carbonyl (C=O) groups is 3. The summed E-state index contributed by atoms with van der Waals surface area (Å²) < 4.78 is 16.8. The van der Waals surface area contributed by atoms with E-state index in [1.54, 1.807) is 0 Å². The number of unbranched alkanes of at least 4 members (excludes halogenated alkanes) is 37. The largest absolute Gasteiger partial charge is 0.462 e. The maximum Gasteiger partial charge on any atom is 0.306 e. The summed E-state index contributed by atoms with van der Waals surface area (Å²) in [6, 6.07) is 0. The number of carbonyl (C=O) groups excluding carboxylic acids is 3. The molecular formula is C56H108O6. The first-order valence-electron chi connectivity index (χ1n) is 27.9. The van der Waals surface area contributed by atoms with E-state index in [9.17, 15) is 14.4 Å². The fourth-order valence-corrected chi connectivity index (χ4v) is 8.54. The smallest absolute Gasteiger partial charge is 0.306 e. The summed E-state index contributed by atoms with van der Waals surface area (Å²) in [6.07, 6.45) is 53.9. The van der Waals surface area contributed by atoms with Gasteiger partial charge in [0.2, 0.25) is 0 Å². The molecule has 6 heteroatoms. The zero-order valence-corrected chi connectivity index (χ0v) is 42.3. The van der Waals surface area contributed by atoms with Crippen molar-refractivity contribution in [2.24, 2.45) is 5.92 Å². The molecule has 0 amide bonds. The minimum absolute atomic E-state index is 0.0628. The molecule has 0 saturated heterocycles. The Morgan fingerprint density at radius 2 is 0.565 bits per heavy atom. The van der Waals surface area contributed by atoms with Gasteiger partial charge in [-0.25, -0.2) is 0 Å². The third kappa shape index (κ3) is 47.9. The maximum absolute atomic E-state index is 12.8. The van der Waals surface area contributed by atoms with Crippen molar-refractivity contribution in [3.8, 4) is 0 Å². The molecule has 62 heavy (non-hydrogen) atoms. The monoisotopic (exact) mass is 877 g/mol. The number of esters is 3. The Morgan fingerprint density at radius 3 is 0.839 bits per heavy atom. The van der Waals surface area contributed by atoms with E-state index in [2.05, 4.69) is 27.7 Å². The van der Waals surface area contributed by atoms with Crippen LogP contribution in [0.3, 0.4) is 0 Å². The van der Waals surface area contributed by atoms with Crippen LogP contribution in [0, 0.1) is 5.92 Å². The first-order valence-corrected chi connectivity index (χ1v) is 27.9. The number of ether oxygens (including phenoxy) is 3. The van der Waals surface area contributed by atoms with Crippen molar-refractivity contribution in [2.75, 3.05) is 13.2 Å². The van der Waals surface area contributed by atoms with Crippen LogP contribution in [0.2, 0.25) is 0 Å². The second-order valence-corrected chi connectivity index (χ2v) is 19.5. The molecule has 0 fully saturated rings. The van der Waals surface area contributed by atoms with Crippen LogP contribution in [0.4, 0.5) is 0 Å². The minimum atomic E-state index is -0.760. The molecule has 0 aliphatic carbocycles. The topological polar surface area (TPSA) is 78.9 Å². The van der Waals surface area contributed by atoms with E-state index in [1.165, 1.54) is 212 Å². The number of hydrogen-bond donors (Lipinski definition) is 0. The second-order valence-electron chi connectivity index (χ2n) is 19.5. The molecule has 0 aliphatic rings. The molecule has 1 unspecified atom stereocenters. The predicted octanol–water partition coefficient (Wildman–Crippen LogP) is 18.2. The molecular weight excluding hydrogens is 769 g/mol. The molecule has 0 aliphatic heterocycles. The highest BCUT2D eigenvalue weighted by molar-refractivity contribution is 5.71. The SMILES string of the molecule is CCCCCCCCCCCCCCCCCCCCCC(=O)O[C@@H](COC(=O)CCCCCCCCC)COC(=O)CCCCCCCCCCCCCCCCC(C)CC. The molecule has 0 heterocycles. The van der Waals surface area contributed by atoms with Gasteiger partial charge < -0.3 is 14.2 Å². The van der Waals surface area contributed by atoms with Gasteiger partial charge in [0, 0.05) is 19.3 Å². The summed E-state index contributed by atoms with van der Waals surface area (Å²) in [5.41, 5.74) is 0. The summed E-state index contributed by atoms with van der Waals surface area (Å²) >= 11 is 0. The maximum atomic E-state index is 12.8. The van der Waals surface area contributed by atoms with Crippen LogP contribution in [0.1, 0.15) is 317 Å². The highest BCUT2D eigenvalue weighted by atomic mass is 16.6. The Hall–Kier alpha value is -1.59. The lowest BCUT2D eigenvalue weighted by Crippen LogP contribution is -2.30. The summed E-state index contributed by atoms with van der Waals surface area (Å²) in [7, 11) is 0. The Kier molecular flexibility index (Phi) is 49.1. The molecule has 0 saturated carbocycles. The minimum Gasteiger partial charge on any atom is -0.462 e.